The first-order chi connectivity index (χ1) is 19.6. The van der Waals surface area contributed by atoms with Crippen molar-refractivity contribution < 1.29 is 28.7 Å². The molecule has 0 radical (unpaired) electrons. The van der Waals surface area contributed by atoms with Gasteiger partial charge in [0.05, 0.1) is 0 Å². The van der Waals surface area contributed by atoms with Crippen LogP contribution in [0.4, 0.5) is 10.5 Å². The van der Waals surface area contributed by atoms with Crippen LogP contribution in [0.25, 0.3) is 0 Å². The Hall–Kier alpha value is -3.14. The van der Waals surface area contributed by atoms with Crippen molar-refractivity contribution >= 4 is 29.5 Å². The molecule has 5 rings (SSSR count). The molecule has 1 unspecified atom stereocenters. The van der Waals surface area contributed by atoms with Crippen LogP contribution in [0.15, 0.2) is 18.2 Å². The van der Waals surface area contributed by atoms with Gasteiger partial charge in [-0.3, -0.25) is 19.7 Å². The van der Waals surface area contributed by atoms with E-state index in [4.69, 9.17) is 9.47 Å². The molecule has 1 atom stereocenters. The Morgan fingerprint density at radius 2 is 1.80 bits per heavy atom. The highest BCUT2D eigenvalue weighted by Gasteiger charge is 2.41. The Morgan fingerprint density at radius 1 is 1.07 bits per heavy atom. The third-order valence-electron chi connectivity index (χ3n) is 8.84. The summed E-state index contributed by atoms with van der Waals surface area (Å²) in [7, 11) is 0. The Morgan fingerprint density at radius 3 is 2.49 bits per heavy atom. The number of hydrogen-bond donors (Lipinski definition) is 2. The van der Waals surface area contributed by atoms with Crippen LogP contribution in [0.1, 0.15) is 94.5 Å². The van der Waals surface area contributed by atoms with Gasteiger partial charge in [-0.25, -0.2) is 4.79 Å². The fraction of sp³-hybridized carbons (Fsp3) is 0.677. The van der Waals surface area contributed by atoms with Gasteiger partial charge in [0.15, 0.2) is 0 Å². The first-order valence-electron chi connectivity index (χ1n) is 15.2. The lowest BCUT2D eigenvalue weighted by Gasteiger charge is -2.40. The van der Waals surface area contributed by atoms with Gasteiger partial charge < -0.3 is 24.6 Å². The van der Waals surface area contributed by atoms with Crippen LogP contribution in [-0.2, 0) is 25.6 Å². The van der Waals surface area contributed by atoms with E-state index in [0.717, 1.165) is 76.0 Å². The van der Waals surface area contributed by atoms with E-state index >= 15 is 0 Å². The van der Waals surface area contributed by atoms with E-state index in [1.807, 2.05) is 32.9 Å². The van der Waals surface area contributed by atoms with Crippen LogP contribution >= 0.6 is 0 Å². The number of nitrogens with zero attached hydrogens (tertiary/aromatic N) is 2. The number of amides is 4. The molecule has 3 heterocycles. The molecule has 2 N–H and O–H groups in total. The molecule has 4 amide bonds. The number of ether oxygens (including phenoxy) is 2. The molecule has 0 bridgehead atoms. The van der Waals surface area contributed by atoms with Crippen molar-refractivity contribution in [2.45, 2.75) is 109 Å². The SMILES string of the molecule is CC(C)(C)OC(=O)NC1CCC(N(CCC2CCOCC2)c2cccc3c2CN(C2CCC(=O)NC2=O)C3=O)CC1. The molecule has 41 heavy (non-hydrogen) atoms. The first kappa shape index (κ1) is 29.4. The molecule has 0 aromatic heterocycles. The van der Waals surface area contributed by atoms with Gasteiger partial charge >= 0.3 is 6.09 Å². The van der Waals surface area contributed by atoms with E-state index in [1.54, 1.807) is 4.90 Å². The van der Waals surface area contributed by atoms with Gasteiger partial charge in [-0.05, 0) is 90.2 Å². The summed E-state index contributed by atoms with van der Waals surface area (Å²) < 4.78 is 11.1. The molecule has 1 aromatic carbocycles. The zero-order chi connectivity index (χ0) is 29.1. The van der Waals surface area contributed by atoms with Gasteiger partial charge in [0, 0.05) is 61.6 Å². The molecule has 10 nitrogen and oxygen atoms in total. The molecule has 1 saturated carbocycles. The lowest BCUT2D eigenvalue weighted by atomic mass is 9.88. The fourth-order valence-electron chi connectivity index (χ4n) is 6.70. The van der Waals surface area contributed by atoms with E-state index in [0.29, 0.717) is 24.4 Å². The van der Waals surface area contributed by atoms with Crippen molar-refractivity contribution in [3.8, 4) is 0 Å². The Labute approximate surface area is 242 Å². The molecule has 1 aromatic rings. The molecular formula is C31H44N4O6. The van der Waals surface area contributed by atoms with E-state index < -0.39 is 17.6 Å². The number of benzene rings is 1. The molecule has 4 aliphatic rings. The van der Waals surface area contributed by atoms with Crippen molar-refractivity contribution in [1.82, 2.24) is 15.5 Å². The summed E-state index contributed by atoms with van der Waals surface area (Å²) >= 11 is 0. The molecule has 224 valence electrons. The Bertz CT molecular complexity index is 1150. The number of alkyl carbamates (subject to hydrolysis) is 1. The van der Waals surface area contributed by atoms with E-state index in [9.17, 15) is 19.2 Å². The monoisotopic (exact) mass is 568 g/mol. The van der Waals surface area contributed by atoms with E-state index in [-0.39, 0.29) is 36.4 Å². The predicted octanol–water partition coefficient (Wildman–Crippen LogP) is 3.91. The molecule has 3 aliphatic heterocycles. The van der Waals surface area contributed by atoms with Crippen LogP contribution in [0, 0.1) is 5.92 Å². The zero-order valence-electron chi connectivity index (χ0n) is 24.6. The van der Waals surface area contributed by atoms with Gasteiger partial charge in [-0.15, -0.1) is 0 Å². The highest BCUT2D eigenvalue weighted by molar-refractivity contribution is 6.06. The third-order valence-corrected chi connectivity index (χ3v) is 8.84. The molecule has 10 heteroatoms. The van der Waals surface area contributed by atoms with Crippen molar-refractivity contribution in [1.29, 1.82) is 0 Å². The number of anilines is 1. The lowest BCUT2D eigenvalue weighted by molar-refractivity contribution is -0.136. The molecular weight excluding hydrogens is 524 g/mol. The largest absolute Gasteiger partial charge is 0.444 e. The second kappa shape index (κ2) is 12.4. The smallest absolute Gasteiger partial charge is 0.407 e. The van der Waals surface area contributed by atoms with Crippen molar-refractivity contribution in [3.05, 3.63) is 29.3 Å². The summed E-state index contributed by atoms with van der Waals surface area (Å²) in [5.74, 6) is -0.218. The molecule has 2 saturated heterocycles. The van der Waals surface area contributed by atoms with Crippen molar-refractivity contribution in [3.63, 3.8) is 0 Å². The standard InChI is InChI=1S/C31H44N4O6/c1-31(2,3)41-30(39)32-21-7-9-22(10-8-21)34(16-13-20-14-17-40-18-15-20)25-6-4-5-23-24(25)19-35(29(23)38)26-11-12-27(36)33-28(26)37/h4-6,20-22,26H,7-19H2,1-3H3,(H,32,39)(H,33,36,37). The van der Waals surface area contributed by atoms with Crippen molar-refractivity contribution in [2.75, 3.05) is 24.7 Å². The van der Waals surface area contributed by atoms with Gasteiger partial charge in [0.2, 0.25) is 11.8 Å². The van der Waals surface area contributed by atoms with Crippen LogP contribution in [0.3, 0.4) is 0 Å². The average molecular weight is 569 g/mol. The lowest BCUT2D eigenvalue weighted by Crippen LogP contribution is -2.52. The predicted molar refractivity (Wildman–Crippen MR) is 153 cm³/mol. The van der Waals surface area contributed by atoms with Gasteiger partial charge in [0.25, 0.3) is 5.91 Å². The van der Waals surface area contributed by atoms with Gasteiger partial charge in [0.1, 0.15) is 11.6 Å². The summed E-state index contributed by atoms with van der Waals surface area (Å²) in [6.07, 6.45) is 6.94. The topological polar surface area (TPSA) is 117 Å². The molecule has 1 aliphatic carbocycles. The summed E-state index contributed by atoms with van der Waals surface area (Å²) in [6, 6.07) is 5.62. The normalized spacial score (nSPS) is 25.5. The zero-order valence-corrected chi connectivity index (χ0v) is 24.6. The number of imide groups is 1. The van der Waals surface area contributed by atoms with Crippen LogP contribution in [0.2, 0.25) is 0 Å². The van der Waals surface area contributed by atoms with E-state index in [1.165, 1.54) is 0 Å². The van der Waals surface area contributed by atoms with E-state index in [2.05, 4.69) is 21.6 Å². The maximum atomic E-state index is 13.5. The third kappa shape index (κ3) is 7.02. The summed E-state index contributed by atoms with van der Waals surface area (Å²) in [6.45, 7) is 8.45. The molecule has 0 spiro atoms. The minimum atomic E-state index is -0.634. The minimum Gasteiger partial charge on any atom is -0.444 e. The summed E-state index contributed by atoms with van der Waals surface area (Å²) in [5.41, 5.74) is 2.13. The highest BCUT2D eigenvalue weighted by atomic mass is 16.6. The summed E-state index contributed by atoms with van der Waals surface area (Å²) in [5, 5.41) is 5.45. The van der Waals surface area contributed by atoms with Gasteiger partial charge in [-0.2, -0.15) is 0 Å². The Kier molecular flexibility index (Phi) is 8.87. The molecule has 3 fully saturated rings. The quantitative estimate of drug-likeness (QED) is 0.479. The fourth-order valence-corrected chi connectivity index (χ4v) is 6.70. The second-order valence-corrected chi connectivity index (χ2v) is 12.9. The number of carbonyl (C=O) groups excluding carboxylic acids is 4. The first-order valence-corrected chi connectivity index (χ1v) is 15.2. The Balaban J connectivity index is 1.33. The number of rotatable bonds is 7. The second-order valence-electron chi connectivity index (χ2n) is 12.9. The van der Waals surface area contributed by atoms with Crippen molar-refractivity contribution in [2.24, 2.45) is 5.92 Å². The number of nitrogens with one attached hydrogen (secondary N) is 2. The number of carbonyl (C=O) groups is 4. The number of piperidine rings is 1. The van der Waals surface area contributed by atoms with Gasteiger partial charge in [-0.1, -0.05) is 6.07 Å². The number of fused-ring (bicyclic) bond motifs is 1. The average Bonchev–Trinajstić information content (AvgIpc) is 3.26. The highest BCUT2D eigenvalue weighted by Crippen LogP contribution is 2.38. The van der Waals surface area contributed by atoms with Crippen LogP contribution in [-0.4, -0.2) is 72.2 Å². The minimum absolute atomic E-state index is 0.0736. The maximum absolute atomic E-state index is 13.5. The van der Waals surface area contributed by atoms with Crippen LogP contribution < -0.4 is 15.5 Å². The maximum Gasteiger partial charge on any atom is 0.407 e. The van der Waals surface area contributed by atoms with Crippen LogP contribution in [0.5, 0.6) is 0 Å². The number of hydrogen-bond acceptors (Lipinski definition) is 7. The summed E-state index contributed by atoms with van der Waals surface area (Å²) in [4.78, 5) is 54.3.